The molecule has 3 rings (SSSR count). The van der Waals surface area contributed by atoms with E-state index in [2.05, 4.69) is 28.8 Å². The van der Waals surface area contributed by atoms with Crippen molar-refractivity contribution in [1.29, 1.82) is 0 Å². The molecule has 25 heavy (non-hydrogen) atoms. The van der Waals surface area contributed by atoms with E-state index in [1.54, 1.807) is 12.3 Å². The third-order valence-corrected chi connectivity index (χ3v) is 4.92. The topological polar surface area (TPSA) is 79.0 Å². The first-order chi connectivity index (χ1) is 12.1. The molecule has 0 bridgehead atoms. The molecule has 0 radical (unpaired) electrons. The maximum atomic E-state index is 12.6. The normalized spacial score (nSPS) is 17.2. The molecular formula is C19H24N4O2. The van der Waals surface area contributed by atoms with Crippen LogP contribution in [0, 0.1) is 5.92 Å². The first kappa shape index (κ1) is 17.3. The van der Waals surface area contributed by atoms with Crippen molar-refractivity contribution in [1.82, 2.24) is 19.9 Å². The molecule has 1 aliphatic rings. The Morgan fingerprint density at radius 2 is 2.16 bits per heavy atom. The lowest BCUT2D eigenvalue weighted by molar-refractivity contribution is -0.134. The van der Waals surface area contributed by atoms with Gasteiger partial charge in [0.25, 0.3) is 5.56 Å². The smallest absolute Gasteiger partial charge is 0.251 e. The fourth-order valence-corrected chi connectivity index (χ4v) is 3.41. The zero-order chi connectivity index (χ0) is 17.8. The van der Waals surface area contributed by atoms with Gasteiger partial charge >= 0.3 is 0 Å². The number of likely N-dealkylation sites (tertiary alicyclic amines) is 1. The van der Waals surface area contributed by atoms with Gasteiger partial charge in [-0.1, -0.05) is 19.9 Å². The Bertz CT molecular complexity index is 784. The molecule has 2 aromatic rings. The van der Waals surface area contributed by atoms with Crippen LogP contribution in [0.15, 0.2) is 35.3 Å². The molecule has 0 saturated carbocycles. The summed E-state index contributed by atoms with van der Waals surface area (Å²) < 4.78 is 0. The van der Waals surface area contributed by atoms with Crippen LogP contribution < -0.4 is 5.56 Å². The van der Waals surface area contributed by atoms with E-state index < -0.39 is 0 Å². The maximum absolute atomic E-state index is 12.6. The van der Waals surface area contributed by atoms with Gasteiger partial charge in [0, 0.05) is 37.2 Å². The molecular weight excluding hydrogens is 316 g/mol. The van der Waals surface area contributed by atoms with Gasteiger partial charge in [-0.05, 0) is 31.4 Å². The number of aromatic nitrogens is 3. The highest BCUT2D eigenvalue weighted by Gasteiger charge is 2.31. The van der Waals surface area contributed by atoms with Crippen molar-refractivity contribution in [2.45, 2.75) is 39.0 Å². The van der Waals surface area contributed by atoms with Crippen molar-refractivity contribution in [3.05, 3.63) is 46.5 Å². The van der Waals surface area contributed by atoms with Crippen molar-refractivity contribution in [2.75, 3.05) is 13.1 Å². The van der Waals surface area contributed by atoms with Gasteiger partial charge in [0.15, 0.2) is 5.82 Å². The lowest BCUT2D eigenvalue weighted by Gasteiger charge is -2.21. The van der Waals surface area contributed by atoms with Crippen LogP contribution in [-0.2, 0) is 4.79 Å². The minimum absolute atomic E-state index is 0.0926. The predicted molar refractivity (Wildman–Crippen MR) is 96.1 cm³/mol. The molecule has 1 fully saturated rings. The number of amides is 1. The van der Waals surface area contributed by atoms with E-state index in [1.807, 2.05) is 23.1 Å². The van der Waals surface area contributed by atoms with Crippen molar-refractivity contribution in [3.8, 4) is 11.5 Å². The van der Waals surface area contributed by atoms with Gasteiger partial charge in [-0.25, -0.2) is 4.98 Å². The van der Waals surface area contributed by atoms with Crippen LogP contribution in [0.5, 0.6) is 0 Å². The highest BCUT2D eigenvalue weighted by Crippen LogP contribution is 2.28. The zero-order valence-corrected chi connectivity index (χ0v) is 14.7. The molecule has 0 aromatic carbocycles. The summed E-state index contributed by atoms with van der Waals surface area (Å²) in [6.45, 7) is 5.47. The van der Waals surface area contributed by atoms with E-state index in [4.69, 9.17) is 0 Å². The SMILES string of the molecule is CCC(CC)C(=O)N1CC[C@H](c2cc(=O)[nH]c(-c3ccccn3)n2)C1. The predicted octanol–water partition coefficient (Wildman–Crippen LogP) is 2.58. The second-order valence-electron chi connectivity index (χ2n) is 6.52. The Kier molecular flexibility index (Phi) is 5.26. The van der Waals surface area contributed by atoms with E-state index in [-0.39, 0.29) is 23.3 Å². The van der Waals surface area contributed by atoms with Gasteiger partial charge in [0.05, 0.1) is 5.69 Å². The maximum Gasteiger partial charge on any atom is 0.251 e. The minimum atomic E-state index is -0.185. The summed E-state index contributed by atoms with van der Waals surface area (Å²) in [5.41, 5.74) is 1.20. The number of hydrogen-bond donors (Lipinski definition) is 1. The van der Waals surface area contributed by atoms with Crippen LogP contribution in [0.1, 0.15) is 44.7 Å². The van der Waals surface area contributed by atoms with Crippen molar-refractivity contribution >= 4 is 5.91 Å². The van der Waals surface area contributed by atoms with Gasteiger partial charge in [-0.2, -0.15) is 0 Å². The number of hydrogen-bond acceptors (Lipinski definition) is 4. The van der Waals surface area contributed by atoms with Gasteiger partial charge in [-0.15, -0.1) is 0 Å². The van der Waals surface area contributed by atoms with Gasteiger partial charge < -0.3 is 9.88 Å². The molecule has 0 aliphatic carbocycles. The summed E-state index contributed by atoms with van der Waals surface area (Å²) in [6, 6.07) is 7.05. The lowest BCUT2D eigenvalue weighted by atomic mass is 10.0. The molecule has 3 heterocycles. The summed E-state index contributed by atoms with van der Waals surface area (Å²) in [5, 5.41) is 0. The highest BCUT2D eigenvalue weighted by atomic mass is 16.2. The molecule has 1 atom stereocenters. The summed E-state index contributed by atoms with van der Waals surface area (Å²) in [7, 11) is 0. The number of nitrogens with one attached hydrogen (secondary N) is 1. The van der Waals surface area contributed by atoms with Crippen LogP contribution in [0.25, 0.3) is 11.5 Å². The molecule has 0 unspecified atom stereocenters. The first-order valence-corrected chi connectivity index (χ1v) is 8.93. The molecule has 1 saturated heterocycles. The number of pyridine rings is 1. The molecule has 0 spiro atoms. The molecule has 2 aromatic heterocycles. The van der Waals surface area contributed by atoms with E-state index >= 15 is 0 Å². The van der Waals surface area contributed by atoms with E-state index in [1.165, 1.54) is 0 Å². The van der Waals surface area contributed by atoms with Crippen LogP contribution >= 0.6 is 0 Å². The number of carbonyl (C=O) groups is 1. The average molecular weight is 340 g/mol. The molecule has 1 N–H and O–H groups in total. The molecule has 132 valence electrons. The van der Waals surface area contributed by atoms with Crippen LogP contribution in [0.2, 0.25) is 0 Å². The number of aromatic amines is 1. The minimum Gasteiger partial charge on any atom is -0.342 e. The Morgan fingerprint density at radius 3 is 2.84 bits per heavy atom. The first-order valence-electron chi connectivity index (χ1n) is 8.93. The quantitative estimate of drug-likeness (QED) is 0.907. The van der Waals surface area contributed by atoms with Crippen molar-refractivity contribution in [2.24, 2.45) is 5.92 Å². The number of rotatable bonds is 5. The number of H-pyrrole nitrogens is 1. The Labute approximate surface area is 147 Å². The highest BCUT2D eigenvalue weighted by molar-refractivity contribution is 5.79. The van der Waals surface area contributed by atoms with E-state index in [0.717, 1.165) is 31.5 Å². The van der Waals surface area contributed by atoms with Gasteiger partial charge in [-0.3, -0.25) is 14.6 Å². The third kappa shape index (κ3) is 3.78. The second kappa shape index (κ2) is 7.59. The van der Waals surface area contributed by atoms with Crippen molar-refractivity contribution in [3.63, 3.8) is 0 Å². The van der Waals surface area contributed by atoms with Crippen LogP contribution in [0.3, 0.4) is 0 Å². The summed E-state index contributed by atoms with van der Waals surface area (Å²) in [5.74, 6) is 0.896. The summed E-state index contributed by atoms with van der Waals surface area (Å²) in [4.78, 5) is 38.1. The van der Waals surface area contributed by atoms with E-state index in [9.17, 15) is 9.59 Å². The number of nitrogens with zero attached hydrogens (tertiary/aromatic N) is 3. The van der Waals surface area contributed by atoms with E-state index in [0.29, 0.717) is 18.1 Å². The largest absolute Gasteiger partial charge is 0.342 e. The van der Waals surface area contributed by atoms with Gasteiger partial charge in [0.2, 0.25) is 5.91 Å². The Morgan fingerprint density at radius 1 is 1.36 bits per heavy atom. The second-order valence-corrected chi connectivity index (χ2v) is 6.52. The fraction of sp³-hybridized carbons (Fsp3) is 0.474. The monoisotopic (exact) mass is 340 g/mol. The van der Waals surface area contributed by atoms with Crippen LogP contribution in [0.4, 0.5) is 0 Å². The Balaban J connectivity index is 1.80. The molecule has 6 heteroatoms. The molecule has 6 nitrogen and oxygen atoms in total. The summed E-state index contributed by atoms with van der Waals surface area (Å²) >= 11 is 0. The lowest BCUT2D eigenvalue weighted by Crippen LogP contribution is -2.34. The van der Waals surface area contributed by atoms with Crippen molar-refractivity contribution < 1.29 is 4.79 Å². The molecule has 1 aliphatic heterocycles. The third-order valence-electron chi connectivity index (χ3n) is 4.92. The van der Waals surface area contributed by atoms with Gasteiger partial charge in [0.1, 0.15) is 5.69 Å². The standard InChI is InChI=1S/C19H24N4O2/c1-3-13(4-2)19(25)23-10-8-14(12-23)16-11-17(24)22-18(21-16)15-7-5-6-9-20-15/h5-7,9,11,13-14H,3-4,8,10,12H2,1-2H3,(H,21,22,24)/t14-/m0/s1. The van der Waals surface area contributed by atoms with Crippen LogP contribution in [-0.4, -0.2) is 38.8 Å². The summed E-state index contributed by atoms with van der Waals surface area (Å²) in [6.07, 6.45) is 4.24. The fourth-order valence-electron chi connectivity index (χ4n) is 3.41. The zero-order valence-electron chi connectivity index (χ0n) is 14.7. The average Bonchev–Trinajstić information content (AvgIpc) is 3.13. The number of carbonyl (C=O) groups excluding carboxylic acids is 1. The Hall–Kier alpha value is -2.50. The molecule has 1 amide bonds.